The Labute approximate surface area is 143 Å². The van der Waals surface area contributed by atoms with Crippen LogP contribution in [0.1, 0.15) is 35.6 Å². The van der Waals surface area contributed by atoms with Crippen molar-refractivity contribution in [3.63, 3.8) is 0 Å². The van der Waals surface area contributed by atoms with E-state index in [-0.39, 0.29) is 24.7 Å². The summed E-state index contributed by atoms with van der Waals surface area (Å²) in [5, 5.41) is 5.58. The summed E-state index contributed by atoms with van der Waals surface area (Å²) in [6.45, 7) is 1.81. The summed E-state index contributed by atoms with van der Waals surface area (Å²) in [5.41, 5.74) is 1.29. The van der Waals surface area contributed by atoms with Crippen LogP contribution in [0.25, 0.3) is 0 Å². The molecule has 0 radical (unpaired) electrons. The van der Waals surface area contributed by atoms with Crippen molar-refractivity contribution in [2.45, 2.75) is 31.2 Å². The Kier molecular flexibility index (Phi) is 3.39. The van der Waals surface area contributed by atoms with Crippen molar-refractivity contribution in [2.24, 2.45) is 0 Å². The Balaban J connectivity index is 1.94. The van der Waals surface area contributed by atoms with Gasteiger partial charge in [-0.2, -0.15) is 0 Å². The number of hydrogen-bond donors (Lipinski definition) is 2. The lowest BCUT2D eigenvalue weighted by Crippen LogP contribution is -2.52. The van der Waals surface area contributed by atoms with Gasteiger partial charge in [0.15, 0.2) is 0 Å². The van der Waals surface area contributed by atoms with E-state index in [9.17, 15) is 18.4 Å². The van der Waals surface area contributed by atoms with E-state index in [0.29, 0.717) is 16.8 Å². The van der Waals surface area contributed by atoms with Gasteiger partial charge in [-0.1, -0.05) is 12.1 Å². The summed E-state index contributed by atoms with van der Waals surface area (Å²) >= 11 is 0. The molecule has 4 rings (SSSR count). The molecule has 2 aromatic rings. The van der Waals surface area contributed by atoms with E-state index < -0.39 is 23.1 Å². The lowest BCUT2D eigenvalue weighted by Gasteiger charge is -2.41. The highest BCUT2D eigenvalue weighted by Gasteiger charge is 2.55. The highest BCUT2D eigenvalue weighted by molar-refractivity contribution is 6.08. The van der Waals surface area contributed by atoms with E-state index in [4.69, 9.17) is 0 Å². The number of fused-ring (bicyclic) bond motifs is 2. The first-order valence-corrected chi connectivity index (χ1v) is 8.09. The number of nitrogens with one attached hydrogen (secondary N) is 2. The van der Waals surface area contributed by atoms with Crippen LogP contribution in [0.2, 0.25) is 0 Å². The fraction of sp³-hybridized carbons (Fsp3) is 0.263. The molecular weight excluding hydrogens is 326 g/mol. The quantitative estimate of drug-likeness (QED) is 0.837. The number of hydrogen-bond acceptors (Lipinski definition) is 2. The van der Waals surface area contributed by atoms with E-state index in [1.165, 1.54) is 24.3 Å². The molecule has 1 spiro atoms. The number of benzene rings is 2. The first-order valence-electron chi connectivity index (χ1n) is 8.09. The Morgan fingerprint density at radius 3 is 2.60 bits per heavy atom. The fourth-order valence-electron chi connectivity index (χ4n) is 3.98. The molecule has 4 nitrogen and oxygen atoms in total. The standard InChI is InChI=1S/C19H16F2N2O2/c1-10-2-3-11(20)8-13(10)17-19(7-6-16(24)23-17)14-5-4-12(21)9-15(14)22-18(19)25/h2-5,8-9,17H,6-7H2,1H3,(H,22,25)(H,23,24)/t17-,19-/m1/s1. The third-order valence-electron chi connectivity index (χ3n) is 5.21. The van der Waals surface area contributed by atoms with Crippen LogP contribution in [0.4, 0.5) is 14.5 Å². The predicted octanol–water partition coefficient (Wildman–Crippen LogP) is 3.11. The second-order valence-electron chi connectivity index (χ2n) is 6.62. The van der Waals surface area contributed by atoms with E-state index in [2.05, 4.69) is 10.6 Å². The SMILES string of the molecule is Cc1ccc(F)cc1[C@H]1NC(=O)CC[C@]12C(=O)Nc1cc(F)ccc12. The van der Waals surface area contributed by atoms with Gasteiger partial charge in [0.2, 0.25) is 11.8 Å². The Bertz CT molecular complexity index is 912. The van der Waals surface area contributed by atoms with Gasteiger partial charge in [0.25, 0.3) is 0 Å². The van der Waals surface area contributed by atoms with Gasteiger partial charge >= 0.3 is 0 Å². The third-order valence-corrected chi connectivity index (χ3v) is 5.21. The zero-order valence-electron chi connectivity index (χ0n) is 13.5. The molecule has 0 aromatic heterocycles. The second kappa shape index (κ2) is 5.37. The lowest BCUT2D eigenvalue weighted by molar-refractivity contribution is -0.130. The van der Waals surface area contributed by atoms with Gasteiger partial charge in [-0.25, -0.2) is 8.78 Å². The highest BCUT2D eigenvalue weighted by Crippen LogP contribution is 2.51. The molecule has 2 aliphatic heterocycles. The van der Waals surface area contributed by atoms with Crippen molar-refractivity contribution in [3.8, 4) is 0 Å². The third kappa shape index (κ3) is 2.24. The molecule has 2 aromatic carbocycles. The Morgan fingerprint density at radius 2 is 1.80 bits per heavy atom. The topological polar surface area (TPSA) is 58.2 Å². The number of anilines is 1. The molecule has 1 saturated heterocycles. The molecule has 2 N–H and O–H groups in total. The number of rotatable bonds is 1. The molecule has 2 heterocycles. The van der Waals surface area contributed by atoms with Crippen LogP contribution in [0.5, 0.6) is 0 Å². The molecule has 128 valence electrons. The van der Waals surface area contributed by atoms with E-state index in [0.717, 1.165) is 5.56 Å². The minimum atomic E-state index is -1.07. The number of piperidine rings is 1. The highest BCUT2D eigenvalue weighted by atomic mass is 19.1. The van der Waals surface area contributed by atoms with E-state index in [1.54, 1.807) is 12.1 Å². The normalized spacial score (nSPS) is 24.8. The van der Waals surface area contributed by atoms with Gasteiger partial charge in [-0.05, 0) is 54.3 Å². The molecule has 2 amide bonds. The minimum absolute atomic E-state index is 0.176. The lowest BCUT2D eigenvalue weighted by atomic mass is 9.67. The van der Waals surface area contributed by atoms with Crippen LogP contribution < -0.4 is 10.6 Å². The summed E-state index contributed by atoms with van der Waals surface area (Å²) in [5.74, 6) is -1.38. The second-order valence-corrected chi connectivity index (χ2v) is 6.62. The summed E-state index contributed by atoms with van der Waals surface area (Å²) in [6.07, 6.45) is 0.457. The average molecular weight is 342 g/mol. The maximum atomic E-state index is 13.9. The number of carbonyl (C=O) groups excluding carboxylic acids is 2. The Hall–Kier alpha value is -2.76. The van der Waals surface area contributed by atoms with Crippen LogP contribution in [0, 0.1) is 18.6 Å². The number of halogens is 2. The van der Waals surface area contributed by atoms with E-state index >= 15 is 0 Å². The largest absolute Gasteiger partial charge is 0.348 e. The monoisotopic (exact) mass is 342 g/mol. The first kappa shape index (κ1) is 15.7. The molecule has 2 aliphatic rings. The van der Waals surface area contributed by atoms with Gasteiger partial charge in [0.05, 0.1) is 6.04 Å². The fourth-order valence-corrected chi connectivity index (χ4v) is 3.98. The van der Waals surface area contributed by atoms with Crippen molar-refractivity contribution in [1.29, 1.82) is 0 Å². The first-order chi connectivity index (χ1) is 11.9. The number of aryl methyl sites for hydroxylation is 1. The smallest absolute Gasteiger partial charge is 0.237 e. The van der Waals surface area contributed by atoms with Crippen molar-refractivity contribution in [1.82, 2.24) is 5.32 Å². The maximum absolute atomic E-state index is 13.9. The predicted molar refractivity (Wildman–Crippen MR) is 88.0 cm³/mol. The van der Waals surface area contributed by atoms with Crippen LogP contribution in [-0.2, 0) is 15.0 Å². The summed E-state index contributed by atoms with van der Waals surface area (Å²) in [7, 11) is 0. The van der Waals surface area contributed by atoms with Crippen molar-refractivity contribution in [2.75, 3.05) is 5.32 Å². The van der Waals surface area contributed by atoms with Gasteiger partial charge < -0.3 is 10.6 Å². The summed E-state index contributed by atoms with van der Waals surface area (Å²) in [6, 6.07) is 7.74. The average Bonchev–Trinajstić information content (AvgIpc) is 2.84. The summed E-state index contributed by atoms with van der Waals surface area (Å²) < 4.78 is 27.4. The van der Waals surface area contributed by atoms with Gasteiger partial charge in [-0.3, -0.25) is 9.59 Å². The molecule has 0 unspecified atom stereocenters. The van der Waals surface area contributed by atoms with Crippen molar-refractivity contribution in [3.05, 3.63) is 64.7 Å². The zero-order valence-corrected chi connectivity index (χ0v) is 13.5. The minimum Gasteiger partial charge on any atom is -0.348 e. The molecule has 6 heteroatoms. The van der Waals surface area contributed by atoms with Crippen molar-refractivity contribution < 1.29 is 18.4 Å². The molecule has 1 fully saturated rings. The maximum Gasteiger partial charge on any atom is 0.237 e. The van der Waals surface area contributed by atoms with Crippen molar-refractivity contribution >= 4 is 17.5 Å². The van der Waals surface area contributed by atoms with Crippen LogP contribution >= 0.6 is 0 Å². The van der Waals surface area contributed by atoms with Crippen LogP contribution in [0.3, 0.4) is 0 Å². The van der Waals surface area contributed by atoms with Gasteiger partial charge in [0.1, 0.15) is 17.0 Å². The molecule has 2 atom stereocenters. The molecule has 0 bridgehead atoms. The molecule has 25 heavy (non-hydrogen) atoms. The van der Waals surface area contributed by atoms with E-state index in [1.807, 2.05) is 6.92 Å². The molecular formula is C19H16F2N2O2. The zero-order chi connectivity index (χ0) is 17.8. The Morgan fingerprint density at radius 1 is 1.08 bits per heavy atom. The van der Waals surface area contributed by atoms with Gasteiger partial charge in [0, 0.05) is 12.1 Å². The van der Waals surface area contributed by atoms with Gasteiger partial charge in [-0.15, -0.1) is 0 Å². The van der Waals surface area contributed by atoms with Crippen LogP contribution in [-0.4, -0.2) is 11.8 Å². The molecule has 0 aliphatic carbocycles. The summed E-state index contributed by atoms with van der Waals surface area (Å²) in [4.78, 5) is 25.0. The number of amides is 2. The molecule has 0 saturated carbocycles. The van der Waals surface area contributed by atoms with Crippen LogP contribution in [0.15, 0.2) is 36.4 Å². The number of carbonyl (C=O) groups is 2.